The summed E-state index contributed by atoms with van der Waals surface area (Å²) in [7, 11) is 0. The minimum absolute atomic E-state index is 0.191. The van der Waals surface area contributed by atoms with E-state index in [2.05, 4.69) is 10.3 Å². The molecule has 2 aromatic rings. The molecule has 1 amide bonds. The molecule has 0 fully saturated rings. The molecule has 2 rings (SSSR count). The molecule has 0 unspecified atom stereocenters. The zero-order chi connectivity index (χ0) is 14.7. The summed E-state index contributed by atoms with van der Waals surface area (Å²) in [5, 5.41) is 12.2. The van der Waals surface area contributed by atoms with Crippen LogP contribution in [-0.4, -0.2) is 10.9 Å². The SMILES string of the molecule is Cc1cc(Cl)c(NC(=O)c2ccc(C#N)cn2)cc1Cl. The molecule has 0 saturated carbocycles. The van der Waals surface area contributed by atoms with E-state index in [-0.39, 0.29) is 5.69 Å². The van der Waals surface area contributed by atoms with E-state index < -0.39 is 5.91 Å². The quantitative estimate of drug-likeness (QED) is 0.917. The average molecular weight is 306 g/mol. The van der Waals surface area contributed by atoms with Crippen molar-refractivity contribution in [3.05, 3.63) is 57.3 Å². The average Bonchev–Trinajstić information content (AvgIpc) is 2.44. The van der Waals surface area contributed by atoms with E-state index in [1.165, 1.54) is 18.3 Å². The van der Waals surface area contributed by atoms with E-state index in [0.717, 1.165) is 5.56 Å². The Morgan fingerprint density at radius 1 is 1.30 bits per heavy atom. The number of carbonyl (C=O) groups is 1. The number of rotatable bonds is 2. The van der Waals surface area contributed by atoms with Gasteiger partial charge in [-0.05, 0) is 36.8 Å². The number of nitriles is 1. The maximum absolute atomic E-state index is 12.0. The first-order valence-corrected chi connectivity index (χ1v) is 6.40. The van der Waals surface area contributed by atoms with Crippen LogP contribution in [0.15, 0.2) is 30.5 Å². The number of hydrogen-bond donors (Lipinski definition) is 1. The molecule has 0 saturated heterocycles. The van der Waals surface area contributed by atoms with Crippen LogP contribution in [0.5, 0.6) is 0 Å². The summed E-state index contributed by atoms with van der Waals surface area (Å²) in [6.07, 6.45) is 1.33. The van der Waals surface area contributed by atoms with Gasteiger partial charge in [-0.1, -0.05) is 23.2 Å². The third kappa shape index (κ3) is 3.08. The number of aryl methyl sites for hydroxylation is 1. The van der Waals surface area contributed by atoms with Crippen LogP contribution in [0.3, 0.4) is 0 Å². The molecular weight excluding hydrogens is 297 g/mol. The molecular formula is C14H9Cl2N3O. The first-order chi connectivity index (χ1) is 9.51. The second-order valence-corrected chi connectivity index (χ2v) is 4.89. The highest BCUT2D eigenvalue weighted by atomic mass is 35.5. The lowest BCUT2D eigenvalue weighted by atomic mass is 10.2. The predicted octanol–water partition coefficient (Wildman–Crippen LogP) is 3.82. The van der Waals surface area contributed by atoms with Gasteiger partial charge in [0.2, 0.25) is 0 Å². The zero-order valence-corrected chi connectivity index (χ0v) is 12.0. The Labute approximate surface area is 126 Å². The van der Waals surface area contributed by atoms with Crippen LogP contribution in [0.25, 0.3) is 0 Å². The molecule has 0 spiro atoms. The highest BCUT2D eigenvalue weighted by molar-refractivity contribution is 6.36. The molecule has 1 N–H and O–H groups in total. The lowest BCUT2D eigenvalue weighted by Gasteiger charge is -2.09. The lowest BCUT2D eigenvalue weighted by molar-refractivity contribution is 0.102. The fourth-order valence-electron chi connectivity index (χ4n) is 1.52. The number of aromatic nitrogens is 1. The fourth-order valence-corrected chi connectivity index (χ4v) is 1.95. The van der Waals surface area contributed by atoms with E-state index in [4.69, 9.17) is 28.5 Å². The first kappa shape index (κ1) is 14.3. The van der Waals surface area contributed by atoms with Crippen molar-refractivity contribution in [2.24, 2.45) is 0 Å². The Bertz CT molecular complexity index is 706. The Kier molecular flexibility index (Phi) is 4.23. The van der Waals surface area contributed by atoms with Crippen molar-refractivity contribution in [3.63, 3.8) is 0 Å². The fraction of sp³-hybridized carbons (Fsp3) is 0.0714. The Morgan fingerprint density at radius 2 is 2.05 bits per heavy atom. The van der Waals surface area contributed by atoms with Gasteiger partial charge in [-0.15, -0.1) is 0 Å². The van der Waals surface area contributed by atoms with Crippen LogP contribution in [0.2, 0.25) is 10.0 Å². The van der Waals surface area contributed by atoms with Gasteiger partial charge in [0.05, 0.1) is 16.3 Å². The van der Waals surface area contributed by atoms with Crippen LogP contribution in [0.4, 0.5) is 5.69 Å². The monoisotopic (exact) mass is 305 g/mol. The van der Waals surface area contributed by atoms with Crippen LogP contribution < -0.4 is 5.32 Å². The standard InChI is InChI=1S/C14H9Cl2N3O/c1-8-4-11(16)13(5-10(8)15)19-14(20)12-3-2-9(6-17)7-18-12/h2-5,7H,1H3,(H,19,20). The minimum atomic E-state index is -0.420. The van der Waals surface area contributed by atoms with E-state index in [9.17, 15) is 4.79 Å². The van der Waals surface area contributed by atoms with Crippen LogP contribution in [-0.2, 0) is 0 Å². The number of nitrogens with zero attached hydrogens (tertiary/aromatic N) is 2. The van der Waals surface area contributed by atoms with Gasteiger partial charge in [-0.25, -0.2) is 4.98 Å². The third-order valence-corrected chi connectivity index (χ3v) is 3.34. The van der Waals surface area contributed by atoms with Crippen molar-refractivity contribution in [3.8, 4) is 6.07 Å². The summed E-state index contributed by atoms with van der Waals surface area (Å²) < 4.78 is 0. The second kappa shape index (κ2) is 5.91. The number of nitrogens with one attached hydrogen (secondary N) is 1. The molecule has 0 aliphatic carbocycles. The van der Waals surface area contributed by atoms with E-state index >= 15 is 0 Å². The van der Waals surface area contributed by atoms with Crippen molar-refractivity contribution in [2.75, 3.05) is 5.32 Å². The molecule has 6 heteroatoms. The van der Waals surface area contributed by atoms with Crippen LogP contribution in [0, 0.1) is 18.3 Å². The highest BCUT2D eigenvalue weighted by Crippen LogP contribution is 2.29. The highest BCUT2D eigenvalue weighted by Gasteiger charge is 2.11. The topological polar surface area (TPSA) is 65.8 Å². The molecule has 1 aromatic heterocycles. The third-order valence-electron chi connectivity index (χ3n) is 2.62. The van der Waals surface area contributed by atoms with Gasteiger partial charge in [-0.2, -0.15) is 5.26 Å². The number of carbonyl (C=O) groups excluding carboxylic acids is 1. The Balaban J connectivity index is 2.23. The number of anilines is 1. The Hall–Kier alpha value is -2.09. The summed E-state index contributed by atoms with van der Waals surface area (Å²) in [6, 6.07) is 8.18. The second-order valence-electron chi connectivity index (χ2n) is 4.08. The number of hydrogen-bond acceptors (Lipinski definition) is 3. The van der Waals surface area contributed by atoms with Crippen LogP contribution in [0.1, 0.15) is 21.6 Å². The van der Waals surface area contributed by atoms with Gasteiger partial charge in [0.15, 0.2) is 0 Å². The summed E-state index contributed by atoms with van der Waals surface area (Å²) in [6.45, 7) is 1.82. The van der Waals surface area contributed by atoms with Gasteiger partial charge in [0.1, 0.15) is 11.8 Å². The molecule has 20 heavy (non-hydrogen) atoms. The first-order valence-electron chi connectivity index (χ1n) is 5.64. The number of pyridine rings is 1. The number of benzene rings is 1. The van der Waals surface area contributed by atoms with Crippen LogP contribution >= 0.6 is 23.2 Å². The molecule has 0 atom stereocenters. The van der Waals surface area contributed by atoms with Crippen molar-refractivity contribution < 1.29 is 4.79 Å². The molecule has 4 nitrogen and oxygen atoms in total. The van der Waals surface area contributed by atoms with Gasteiger partial charge >= 0.3 is 0 Å². The van der Waals surface area contributed by atoms with Crippen molar-refractivity contribution >= 4 is 34.8 Å². The lowest BCUT2D eigenvalue weighted by Crippen LogP contribution is -2.14. The normalized spacial score (nSPS) is 9.90. The minimum Gasteiger partial charge on any atom is -0.319 e. The van der Waals surface area contributed by atoms with Gasteiger partial charge in [-0.3, -0.25) is 4.79 Å². The smallest absolute Gasteiger partial charge is 0.274 e. The zero-order valence-electron chi connectivity index (χ0n) is 10.4. The molecule has 100 valence electrons. The largest absolute Gasteiger partial charge is 0.319 e. The maximum atomic E-state index is 12.0. The number of halogens is 2. The van der Waals surface area contributed by atoms with Crippen molar-refractivity contribution in [1.29, 1.82) is 5.26 Å². The van der Waals surface area contributed by atoms with Gasteiger partial charge in [0.25, 0.3) is 5.91 Å². The van der Waals surface area contributed by atoms with E-state index in [1.54, 1.807) is 12.1 Å². The van der Waals surface area contributed by atoms with Gasteiger partial charge in [0, 0.05) is 11.2 Å². The Morgan fingerprint density at radius 3 is 2.65 bits per heavy atom. The van der Waals surface area contributed by atoms with Gasteiger partial charge < -0.3 is 5.32 Å². The molecule has 0 aliphatic heterocycles. The summed E-state index contributed by atoms with van der Waals surface area (Å²) in [4.78, 5) is 15.9. The van der Waals surface area contributed by atoms with E-state index in [0.29, 0.717) is 21.3 Å². The summed E-state index contributed by atoms with van der Waals surface area (Å²) in [5.41, 5.74) is 1.82. The van der Waals surface area contributed by atoms with Crippen molar-refractivity contribution in [1.82, 2.24) is 4.98 Å². The molecule has 0 bridgehead atoms. The maximum Gasteiger partial charge on any atom is 0.274 e. The molecule has 1 heterocycles. The summed E-state index contributed by atoms with van der Waals surface area (Å²) >= 11 is 12.0. The molecule has 0 radical (unpaired) electrons. The summed E-state index contributed by atoms with van der Waals surface area (Å²) in [5.74, 6) is -0.420. The predicted molar refractivity (Wildman–Crippen MR) is 78.1 cm³/mol. The van der Waals surface area contributed by atoms with E-state index in [1.807, 2.05) is 13.0 Å². The molecule has 0 aliphatic rings. The molecule has 1 aromatic carbocycles. The van der Waals surface area contributed by atoms with Crippen molar-refractivity contribution in [2.45, 2.75) is 6.92 Å². The number of amides is 1.